The van der Waals surface area contributed by atoms with Crippen molar-refractivity contribution in [3.05, 3.63) is 46.8 Å². The normalized spacial score (nSPS) is 10.1. The molecule has 4 nitrogen and oxygen atoms in total. The molecule has 0 bridgehead atoms. The first-order valence-electron chi connectivity index (χ1n) is 4.63. The maximum absolute atomic E-state index is 9.11. The molecule has 0 aliphatic carbocycles. The molecule has 0 atom stereocenters. The quantitative estimate of drug-likeness (QED) is 0.939. The van der Waals surface area contributed by atoms with Crippen LogP contribution in [0.5, 0.6) is 11.6 Å². The zero-order chi connectivity index (χ0) is 11.4. The van der Waals surface area contributed by atoms with Crippen molar-refractivity contribution in [2.24, 2.45) is 0 Å². The number of aromatic nitrogens is 2. The average molecular weight is 281 g/mol. The van der Waals surface area contributed by atoms with Crippen LogP contribution in [-0.4, -0.2) is 15.1 Å². The summed E-state index contributed by atoms with van der Waals surface area (Å²) in [7, 11) is 0. The van der Waals surface area contributed by atoms with Crippen LogP contribution in [0.2, 0.25) is 0 Å². The SMILES string of the molecule is OCc1cccnc1Oc1cncc(Br)c1. The number of hydrogen-bond acceptors (Lipinski definition) is 4. The first-order chi connectivity index (χ1) is 7.79. The summed E-state index contributed by atoms with van der Waals surface area (Å²) in [5.74, 6) is 0.965. The van der Waals surface area contributed by atoms with E-state index in [4.69, 9.17) is 9.84 Å². The molecule has 0 spiro atoms. The van der Waals surface area contributed by atoms with Gasteiger partial charge in [-0.3, -0.25) is 4.98 Å². The molecular weight excluding hydrogens is 272 g/mol. The van der Waals surface area contributed by atoms with Gasteiger partial charge in [0, 0.05) is 22.4 Å². The van der Waals surface area contributed by atoms with E-state index in [2.05, 4.69) is 25.9 Å². The van der Waals surface area contributed by atoms with Crippen molar-refractivity contribution in [2.75, 3.05) is 0 Å². The predicted molar refractivity (Wildman–Crippen MR) is 62.2 cm³/mol. The first-order valence-corrected chi connectivity index (χ1v) is 5.42. The highest BCUT2D eigenvalue weighted by atomic mass is 79.9. The Morgan fingerprint density at radius 1 is 1.38 bits per heavy atom. The molecular formula is C11H9BrN2O2. The molecule has 2 aromatic heterocycles. The van der Waals surface area contributed by atoms with Gasteiger partial charge < -0.3 is 9.84 Å². The van der Waals surface area contributed by atoms with E-state index in [0.717, 1.165) is 4.47 Å². The monoisotopic (exact) mass is 280 g/mol. The lowest BCUT2D eigenvalue weighted by atomic mass is 10.3. The Labute approximate surface area is 101 Å². The number of aliphatic hydroxyl groups is 1. The second-order valence-electron chi connectivity index (χ2n) is 3.07. The highest BCUT2D eigenvalue weighted by Gasteiger charge is 2.05. The highest BCUT2D eigenvalue weighted by Crippen LogP contribution is 2.24. The number of hydrogen-bond donors (Lipinski definition) is 1. The molecule has 0 aliphatic heterocycles. The van der Waals surface area contributed by atoms with Crippen molar-refractivity contribution in [2.45, 2.75) is 6.61 Å². The largest absolute Gasteiger partial charge is 0.437 e. The Kier molecular flexibility index (Phi) is 3.48. The van der Waals surface area contributed by atoms with E-state index in [1.165, 1.54) is 0 Å². The molecule has 0 amide bonds. The van der Waals surface area contributed by atoms with Gasteiger partial charge in [-0.25, -0.2) is 4.98 Å². The number of pyridine rings is 2. The fourth-order valence-corrected chi connectivity index (χ4v) is 1.54. The van der Waals surface area contributed by atoms with E-state index in [9.17, 15) is 0 Å². The molecule has 0 saturated carbocycles. The van der Waals surface area contributed by atoms with Gasteiger partial charge in [0.2, 0.25) is 5.88 Å². The highest BCUT2D eigenvalue weighted by molar-refractivity contribution is 9.10. The van der Waals surface area contributed by atoms with E-state index >= 15 is 0 Å². The van der Waals surface area contributed by atoms with Crippen LogP contribution in [0.1, 0.15) is 5.56 Å². The Balaban J connectivity index is 2.26. The van der Waals surface area contributed by atoms with Crippen molar-refractivity contribution >= 4 is 15.9 Å². The third kappa shape index (κ3) is 2.56. The van der Waals surface area contributed by atoms with Crippen LogP contribution in [0, 0.1) is 0 Å². The first kappa shape index (κ1) is 11.0. The molecule has 2 heterocycles. The van der Waals surface area contributed by atoms with Gasteiger partial charge in [0.1, 0.15) is 5.75 Å². The summed E-state index contributed by atoms with van der Waals surface area (Å²) in [5.41, 5.74) is 0.641. The second-order valence-corrected chi connectivity index (χ2v) is 3.98. The summed E-state index contributed by atoms with van der Waals surface area (Å²) < 4.78 is 6.34. The van der Waals surface area contributed by atoms with Crippen LogP contribution < -0.4 is 4.74 Å². The summed E-state index contributed by atoms with van der Waals surface area (Å²) >= 11 is 3.30. The van der Waals surface area contributed by atoms with Crippen LogP contribution in [0.4, 0.5) is 0 Å². The van der Waals surface area contributed by atoms with E-state index in [1.54, 1.807) is 36.8 Å². The summed E-state index contributed by atoms with van der Waals surface area (Å²) in [6.07, 6.45) is 4.86. The number of rotatable bonds is 3. The van der Waals surface area contributed by atoms with Crippen molar-refractivity contribution in [3.63, 3.8) is 0 Å². The molecule has 16 heavy (non-hydrogen) atoms. The number of ether oxygens (including phenoxy) is 1. The summed E-state index contributed by atoms with van der Waals surface area (Å²) in [5, 5.41) is 9.11. The lowest BCUT2D eigenvalue weighted by Gasteiger charge is -2.07. The van der Waals surface area contributed by atoms with Crippen molar-refractivity contribution in [1.82, 2.24) is 9.97 Å². The maximum atomic E-state index is 9.11. The lowest BCUT2D eigenvalue weighted by molar-refractivity contribution is 0.275. The Bertz CT molecular complexity index is 491. The summed E-state index contributed by atoms with van der Waals surface area (Å²) in [6, 6.07) is 5.29. The Morgan fingerprint density at radius 2 is 2.25 bits per heavy atom. The molecule has 82 valence electrons. The molecule has 2 rings (SSSR count). The minimum Gasteiger partial charge on any atom is -0.437 e. The van der Waals surface area contributed by atoms with Crippen LogP contribution in [0.25, 0.3) is 0 Å². The zero-order valence-electron chi connectivity index (χ0n) is 8.30. The van der Waals surface area contributed by atoms with Crippen LogP contribution >= 0.6 is 15.9 Å². The van der Waals surface area contributed by atoms with Gasteiger partial charge in [-0.15, -0.1) is 0 Å². The standard InChI is InChI=1S/C11H9BrN2O2/c12-9-4-10(6-13-5-9)16-11-8(7-15)2-1-3-14-11/h1-6,15H,7H2. The number of aliphatic hydroxyl groups excluding tert-OH is 1. The minimum absolute atomic E-state index is 0.107. The van der Waals surface area contributed by atoms with Gasteiger partial charge in [0.05, 0.1) is 12.8 Å². The topological polar surface area (TPSA) is 55.2 Å². The fourth-order valence-electron chi connectivity index (χ4n) is 1.20. The average Bonchev–Trinajstić information content (AvgIpc) is 2.30. The van der Waals surface area contributed by atoms with Gasteiger partial charge in [0.15, 0.2) is 0 Å². The van der Waals surface area contributed by atoms with E-state index in [-0.39, 0.29) is 6.61 Å². The zero-order valence-corrected chi connectivity index (χ0v) is 9.89. The van der Waals surface area contributed by atoms with Gasteiger partial charge in [-0.1, -0.05) is 0 Å². The minimum atomic E-state index is -0.107. The number of nitrogens with zero attached hydrogens (tertiary/aromatic N) is 2. The third-order valence-corrected chi connectivity index (χ3v) is 2.35. The molecule has 1 N–H and O–H groups in total. The molecule has 2 aromatic rings. The summed E-state index contributed by atoms with van der Waals surface area (Å²) in [6.45, 7) is -0.107. The number of halogens is 1. The maximum Gasteiger partial charge on any atom is 0.224 e. The van der Waals surface area contributed by atoms with Gasteiger partial charge in [-0.05, 0) is 34.1 Å². The van der Waals surface area contributed by atoms with Gasteiger partial charge in [-0.2, -0.15) is 0 Å². The molecule has 0 aromatic carbocycles. The van der Waals surface area contributed by atoms with E-state index in [1.807, 2.05) is 0 Å². The van der Waals surface area contributed by atoms with Gasteiger partial charge in [0.25, 0.3) is 0 Å². The molecule has 0 saturated heterocycles. The van der Waals surface area contributed by atoms with Gasteiger partial charge >= 0.3 is 0 Å². The fraction of sp³-hybridized carbons (Fsp3) is 0.0909. The van der Waals surface area contributed by atoms with Crippen molar-refractivity contribution in [1.29, 1.82) is 0 Å². The molecule has 0 radical (unpaired) electrons. The van der Waals surface area contributed by atoms with Crippen molar-refractivity contribution in [3.8, 4) is 11.6 Å². The Morgan fingerprint density at radius 3 is 3.00 bits per heavy atom. The lowest BCUT2D eigenvalue weighted by Crippen LogP contribution is -1.94. The smallest absolute Gasteiger partial charge is 0.224 e. The third-order valence-electron chi connectivity index (χ3n) is 1.91. The molecule has 5 heteroatoms. The van der Waals surface area contributed by atoms with E-state index in [0.29, 0.717) is 17.2 Å². The molecule has 0 aliphatic rings. The summed E-state index contributed by atoms with van der Waals surface area (Å²) in [4.78, 5) is 8.02. The van der Waals surface area contributed by atoms with E-state index < -0.39 is 0 Å². The van der Waals surface area contributed by atoms with Crippen molar-refractivity contribution < 1.29 is 9.84 Å². The van der Waals surface area contributed by atoms with Crippen LogP contribution in [-0.2, 0) is 6.61 Å². The molecule has 0 unspecified atom stereocenters. The predicted octanol–water partition coefficient (Wildman–Crippen LogP) is 2.52. The molecule has 0 fully saturated rings. The van der Waals surface area contributed by atoms with Crippen LogP contribution in [0.15, 0.2) is 41.3 Å². The Hall–Kier alpha value is -1.46. The van der Waals surface area contributed by atoms with Crippen LogP contribution in [0.3, 0.4) is 0 Å². The second kappa shape index (κ2) is 5.05.